The van der Waals surface area contributed by atoms with Crippen molar-refractivity contribution in [2.45, 2.75) is 44.6 Å². The molecule has 110 valence electrons. The number of sulfone groups is 1. The predicted molar refractivity (Wildman–Crippen MR) is 72.8 cm³/mol. The summed E-state index contributed by atoms with van der Waals surface area (Å²) in [5, 5.41) is 9.26. The molecule has 6 heteroatoms. The highest BCUT2D eigenvalue weighted by atomic mass is 32.2. The van der Waals surface area contributed by atoms with E-state index in [0.29, 0.717) is 5.41 Å². The first kappa shape index (κ1) is 14.8. The van der Waals surface area contributed by atoms with Crippen LogP contribution in [0.15, 0.2) is 0 Å². The van der Waals surface area contributed by atoms with Crippen LogP contribution < -0.4 is 0 Å². The first-order chi connectivity index (χ1) is 8.81. The van der Waals surface area contributed by atoms with Gasteiger partial charge >= 0.3 is 5.97 Å². The van der Waals surface area contributed by atoms with Gasteiger partial charge in [0.2, 0.25) is 0 Å². The second-order valence-corrected chi connectivity index (χ2v) is 8.50. The van der Waals surface area contributed by atoms with Crippen LogP contribution in [0.2, 0.25) is 0 Å². The molecule has 5 nitrogen and oxygen atoms in total. The van der Waals surface area contributed by atoms with Crippen LogP contribution in [0.1, 0.15) is 38.5 Å². The van der Waals surface area contributed by atoms with Crippen LogP contribution in [0.5, 0.6) is 0 Å². The Morgan fingerprint density at radius 2 is 1.84 bits per heavy atom. The van der Waals surface area contributed by atoms with Gasteiger partial charge in [-0.1, -0.05) is 19.3 Å². The number of carboxylic acids is 1. The standard InChI is InChI=1S/C13H23NO4S/c1-19(17,18)8-5-11(12(15)16)14-9-13(10-14)6-3-2-4-7-13/h11H,2-10H2,1H3,(H,15,16). The van der Waals surface area contributed by atoms with Crippen molar-refractivity contribution < 1.29 is 18.3 Å². The van der Waals surface area contributed by atoms with Crippen LogP contribution >= 0.6 is 0 Å². The van der Waals surface area contributed by atoms with Crippen molar-refractivity contribution in [2.24, 2.45) is 5.41 Å². The van der Waals surface area contributed by atoms with E-state index >= 15 is 0 Å². The average molecular weight is 289 g/mol. The molecule has 1 aliphatic heterocycles. The molecule has 2 fully saturated rings. The van der Waals surface area contributed by atoms with E-state index in [9.17, 15) is 18.3 Å². The summed E-state index contributed by atoms with van der Waals surface area (Å²) in [6, 6.07) is -0.637. The minimum Gasteiger partial charge on any atom is -0.480 e. The molecule has 1 heterocycles. The highest BCUT2D eigenvalue weighted by molar-refractivity contribution is 7.90. The Balaban J connectivity index is 1.90. The molecular formula is C13H23NO4S. The topological polar surface area (TPSA) is 74.7 Å². The molecule has 1 spiro atoms. The zero-order valence-corrected chi connectivity index (χ0v) is 12.3. The lowest BCUT2D eigenvalue weighted by molar-refractivity contribution is -0.151. The van der Waals surface area contributed by atoms with E-state index in [-0.39, 0.29) is 12.2 Å². The van der Waals surface area contributed by atoms with E-state index in [4.69, 9.17) is 0 Å². The summed E-state index contributed by atoms with van der Waals surface area (Å²) in [7, 11) is -3.09. The quantitative estimate of drug-likeness (QED) is 0.821. The molecule has 1 N–H and O–H groups in total. The van der Waals surface area contributed by atoms with Gasteiger partial charge in [0.05, 0.1) is 5.75 Å². The van der Waals surface area contributed by atoms with E-state index in [1.54, 1.807) is 0 Å². The summed E-state index contributed by atoms with van der Waals surface area (Å²) in [6.45, 7) is 1.65. The van der Waals surface area contributed by atoms with Gasteiger partial charge in [-0.05, 0) is 24.7 Å². The summed E-state index contributed by atoms with van der Waals surface area (Å²) in [6.07, 6.45) is 7.53. The Kier molecular flexibility index (Phi) is 4.20. The molecule has 0 bridgehead atoms. The van der Waals surface area contributed by atoms with E-state index in [0.717, 1.165) is 19.3 Å². The van der Waals surface area contributed by atoms with Crippen molar-refractivity contribution in [3.8, 4) is 0 Å². The van der Waals surface area contributed by atoms with Crippen LogP contribution in [0.3, 0.4) is 0 Å². The Hall–Kier alpha value is -0.620. The fraction of sp³-hybridized carbons (Fsp3) is 0.923. The lowest BCUT2D eigenvalue weighted by Crippen LogP contribution is -2.62. The molecule has 0 aromatic rings. The first-order valence-electron chi connectivity index (χ1n) is 6.96. The number of carboxylic acid groups (broad SMARTS) is 1. The second-order valence-electron chi connectivity index (χ2n) is 6.24. The Labute approximate surface area is 114 Å². The van der Waals surface area contributed by atoms with Gasteiger partial charge in [0, 0.05) is 19.3 Å². The lowest BCUT2D eigenvalue weighted by Gasteiger charge is -2.54. The fourth-order valence-corrected chi connectivity index (χ4v) is 4.09. The summed E-state index contributed by atoms with van der Waals surface area (Å²) in [5.41, 5.74) is 0.330. The zero-order chi connectivity index (χ0) is 14.1. The number of hydrogen-bond donors (Lipinski definition) is 1. The number of rotatable bonds is 5. The van der Waals surface area contributed by atoms with Gasteiger partial charge in [0.15, 0.2) is 0 Å². The molecule has 0 amide bonds. The van der Waals surface area contributed by atoms with Crippen molar-refractivity contribution in [2.75, 3.05) is 25.1 Å². The molecule has 0 aromatic carbocycles. The third-order valence-corrected chi connectivity index (χ3v) is 5.46. The first-order valence-corrected chi connectivity index (χ1v) is 9.02. The van der Waals surface area contributed by atoms with E-state index < -0.39 is 21.8 Å². The summed E-state index contributed by atoms with van der Waals surface area (Å²) in [4.78, 5) is 13.2. The molecule has 2 aliphatic rings. The van der Waals surface area contributed by atoms with Crippen LogP contribution in [0, 0.1) is 5.41 Å². The van der Waals surface area contributed by atoms with Crippen molar-refractivity contribution in [1.82, 2.24) is 4.90 Å². The van der Waals surface area contributed by atoms with Crippen LogP contribution in [0.4, 0.5) is 0 Å². The summed E-state index contributed by atoms with van der Waals surface area (Å²) < 4.78 is 22.3. The maximum Gasteiger partial charge on any atom is 0.320 e. The van der Waals surface area contributed by atoms with E-state index in [1.165, 1.54) is 32.1 Å². The van der Waals surface area contributed by atoms with Crippen molar-refractivity contribution >= 4 is 15.8 Å². The summed E-state index contributed by atoms with van der Waals surface area (Å²) >= 11 is 0. The molecular weight excluding hydrogens is 266 g/mol. The van der Waals surface area contributed by atoms with Crippen molar-refractivity contribution in [3.05, 3.63) is 0 Å². The average Bonchev–Trinajstić information content (AvgIpc) is 2.26. The van der Waals surface area contributed by atoms with Gasteiger partial charge in [0.25, 0.3) is 0 Å². The molecule has 0 aromatic heterocycles. The van der Waals surface area contributed by atoms with Crippen molar-refractivity contribution in [3.63, 3.8) is 0 Å². The maximum atomic E-state index is 11.3. The predicted octanol–water partition coefficient (Wildman–Crippen LogP) is 1.14. The molecule has 0 radical (unpaired) electrons. The third kappa shape index (κ3) is 3.69. The number of nitrogens with zero attached hydrogens (tertiary/aromatic N) is 1. The SMILES string of the molecule is CS(=O)(=O)CCC(C(=O)O)N1CC2(CCCCC2)C1. The fourth-order valence-electron chi connectivity index (χ4n) is 3.44. The van der Waals surface area contributed by atoms with E-state index in [1.807, 2.05) is 4.90 Å². The molecule has 1 saturated carbocycles. The van der Waals surface area contributed by atoms with Gasteiger partial charge in [-0.15, -0.1) is 0 Å². The lowest BCUT2D eigenvalue weighted by atomic mass is 9.68. The molecule has 1 atom stereocenters. The Bertz CT molecular complexity index is 432. The molecule has 19 heavy (non-hydrogen) atoms. The Morgan fingerprint density at radius 3 is 2.32 bits per heavy atom. The van der Waals surface area contributed by atoms with Gasteiger partial charge in [0.1, 0.15) is 15.9 Å². The largest absolute Gasteiger partial charge is 0.480 e. The smallest absolute Gasteiger partial charge is 0.320 e. The minimum absolute atomic E-state index is 0.0481. The van der Waals surface area contributed by atoms with Crippen LogP contribution in [0.25, 0.3) is 0 Å². The molecule has 2 rings (SSSR count). The van der Waals surface area contributed by atoms with Gasteiger partial charge in [-0.25, -0.2) is 8.42 Å². The normalized spacial score (nSPS) is 24.9. The Morgan fingerprint density at radius 1 is 1.26 bits per heavy atom. The van der Waals surface area contributed by atoms with E-state index in [2.05, 4.69) is 0 Å². The van der Waals surface area contributed by atoms with Crippen molar-refractivity contribution in [1.29, 1.82) is 0 Å². The molecule has 1 aliphatic carbocycles. The highest BCUT2D eigenvalue weighted by Crippen LogP contribution is 2.44. The van der Waals surface area contributed by atoms with Gasteiger partial charge < -0.3 is 5.11 Å². The zero-order valence-electron chi connectivity index (χ0n) is 11.5. The number of aliphatic carboxylic acids is 1. The number of likely N-dealkylation sites (tertiary alicyclic amines) is 1. The van der Waals surface area contributed by atoms with Gasteiger partial charge in [-0.2, -0.15) is 0 Å². The highest BCUT2D eigenvalue weighted by Gasteiger charge is 2.47. The van der Waals surface area contributed by atoms with Crippen LogP contribution in [-0.4, -0.2) is 55.5 Å². The minimum atomic E-state index is -3.09. The van der Waals surface area contributed by atoms with Crippen LogP contribution in [-0.2, 0) is 14.6 Å². The summed E-state index contributed by atoms with van der Waals surface area (Å²) in [5.74, 6) is -0.942. The number of carbonyl (C=O) groups is 1. The monoisotopic (exact) mass is 289 g/mol. The van der Waals surface area contributed by atoms with Gasteiger partial charge in [-0.3, -0.25) is 9.69 Å². The molecule has 1 saturated heterocycles. The molecule has 1 unspecified atom stereocenters. The third-order valence-electron chi connectivity index (χ3n) is 4.48. The second kappa shape index (κ2) is 5.40. The maximum absolute atomic E-state index is 11.3. The number of hydrogen-bond acceptors (Lipinski definition) is 4.